The molecule has 1 N–H and O–H groups in total. The normalized spacial score (nSPS) is 15.2. The highest BCUT2D eigenvalue weighted by Gasteiger charge is 2.26. The molecule has 0 bridgehead atoms. The van der Waals surface area contributed by atoms with Crippen molar-refractivity contribution >= 4 is 16.7 Å². The molecule has 1 aromatic heterocycles. The average Bonchev–Trinajstić information content (AvgIpc) is 2.80. The number of hydrogen-bond donors (Lipinski definition) is 1. The smallest absolute Gasteiger partial charge is 0.258 e. The van der Waals surface area contributed by atoms with E-state index in [-0.39, 0.29) is 22.6 Å². The number of aromatic amines is 1. The molecule has 0 spiro atoms. The number of halogens is 1. The van der Waals surface area contributed by atoms with E-state index in [1.165, 1.54) is 12.1 Å². The molecular formula is C26H30FN3O3. The molecule has 7 heteroatoms. The lowest BCUT2D eigenvalue weighted by atomic mass is 9.88. The minimum atomic E-state index is -0.427. The van der Waals surface area contributed by atoms with Crippen molar-refractivity contribution in [3.63, 3.8) is 0 Å². The van der Waals surface area contributed by atoms with Gasteiger partial charge in [-0.1, -0.05) is 0 Å². The molecule has 2 aromatic carbocycles. The fourth-order valence-corrected chi connectivity index (χ4v) is 4.69. The molecule has 0 aliphatic carbocycles. The summed E-state index contributed by atoms with van der Waals surface area (Å²) in [4.78, 5) is 35.0. The first kappa shape index (κ1) is 23.1. The summed E-state index contributed by atoms with van der Waals surface area (Å²) in [5.74, 6) is 1.26. The SMILES string of the molecule is COc1ccc(C(=O)C2CCN(CCCc3nc4c(C)cc(F)cc4c(=O)[nH]3)CC2)cc1C. The number of carbonyl (C=O) groups is 1. The van der Waals surface area contributed by atoms with Crippen molar-refractivity contribution in [2.24, 2.45) is 5.92 Å². The number of methoxy groups -OCH3 is 1. The largest absolute Gasteiger partial charge is 0.496 e. The Bertz CT molecular complexity index is 1230. The Morgan fingerprint density at radius 3 is 2.64 bits per heavy atom. The number of nitrogens with zero attached hydrogens (tertiary/aromatic N) is 2. The molecule has 0 atom stereocenters. The van der Waals surface area contributed by atoms with Crippen LogP contribution in [0.3, 0.4) is 0 Å². The quantitative estimate of drug-likeness (QED) is 0.545. The number of H-pyrrole nitrogens is 1. The van der Waals surface area contributed by atoms with Crippen molar-refractivity contribution in [2.45, 2.75) is 39.5 Å². The van der Waals surface area contributed by atoms with E-state index in [1.807, 2.05) is 25.1 Å². The molecule has 1 aliphatic heterocycles. The van der Waals surface area contributed by atoms with Crippen LogP contribution >= 0.6 is 0 Å². The molecule has 174 valence electrons. The maximum atomic E-state index is 13.6. The number of ketones is 1. The zero-order valence-corrected chi connectivity index (χ0v) is 19.4. The molecule has 3 aromatic rings. The molecule has 0 amide bonds. The highest BCUT2D eigenvalue weighted by atomic mass is 19.1. The van der Waals surface area contributed by atoms with Crippen LogP contribution in [0.4, 0.5) is 4.39 Å². The molecule has 1 fully saturated rings. The lowest BCUT2D eigenvalue weighted by Gasteiger charge is -2.31. The van der Waals surface area contributed by atoms with Crippen LogP contribution in [0, 0.1) is 25.6 Å². The number of Topliss-reactive ketones (excluding diaryl/α,β-unsaturated/α-hetero) is 1. The zero-order valence-electron chi connectivity index (χ0n) is 19.4. The van der Waals surface area contributed by atoms with Crippen LogP contribution < -0.4 is 10.3 Å². The minimum absolute atomic E-state index is 0.0518. The minimum Gasteiger partial charge on any atom is -0.496 e. The summed E-state index contributed by atoms with van der Waals surface area (Å²) < 4.78 is 18.9. The average molecular weight is 452 g/mol. The van der Waals surface area contributed by atoms with Crippen molar-refractivity contribution in [1.82, 2.24) is 14.9 Å². The van der Waals surface area contributed by atoms with E-state index in [0.29, 0.717) is 23.3 Å². The van der Waals surface area contributed by atoms with Crippen LogP contribution in [-0.2, 0) is 6.42 Å². The Labute approximate surface area is 192 Å². The molecule has 1 aliphatic rings. The van der Waals surface area contributed by atoms with E-state index in [4.69, 9.17) is 4.74 Å². The Morgan fingerprint density at radius 2 is 1.94 bits per heavy atom. The van der Waals surface area contributed by atoms with Gasteiger partial charge < -0.3 is 14.6 Å². The zero-order chi connectivity index (χ0) is 23.5. The molecular weight excluding hydrogens is 421 g/mol. The van der Waals surface area contributed by atoms with Crippen LogP contribution in [0.2, 0.25) is 0 Å². The van der Waals surface area contributed by atoms with Crippen molar-refractivity contribution < 1.29 is 13.9 Å². The van der Waals surface area contributed by atoms with E-state index in [9.17, 15) is 14.0 Å². The van der Waals surface area contributed by atoms with Crippen molar-refractivity contribution in [3.8, 4) is 5.75 Å². The molecule has 0 unspecified atom stereocenters. The van der Waals surface area contributed by atoms with Gasteiger partial charge in [0.05, 0.1) is 18.0 Å². The Kier molecular flexibility index (Phi) is 6.88. The second-order valence-corrected chi connectivity index (χ2v) is 8.90. The van der Waals surface area contributed by atoms with Crippen molar-refractivity contribution in [2.75, 3.05) is 26.7 Å². The van der Waals surface area contributed by atoms with Crippen molar-refractivity contribution in [1.29, 1.82) is 0 Å². The topological polar surface area (TPSA) is 75.3 Å². The van der Waals surface area contributed by atoms with Gasteiger partial charge in [0.15, 0.2) is 5.78 Å². The number of carbonyl (C=O) groups excluding carboxylic acids is 1. The van der Waals surface area contributed by atoms with E-state index < -0.39 is 5.82 Å². The number of nitrogens with one attached hydrogen (secondary N) is 1. The predicted molar refractivity (Wildman–Crippen MR) is 127 cm³/mol. The summed E-state index contributed by atoms with van der Waals surface area (Å²) in [5, 5.41) is 0.287. The summed E-state index contributed by atoms with van der Waals surface area (Å²) >= 11 is 0. The van der Waals surface area contributed by atoms with Crippen molar-refractivity contribution in [3.05, 3.63) is 69.0 Å². The Hall–Kier alpha value is -3.06. The first-order chi connectivity index (χ1) is 15.9. The van der Waals surface area contributed by atoms with Crippen LogP contribution in [0.25, 0.3) is 10.9 Å². The third-order valence-electron chi connectivity index (χ3n) is 6.54. The number of aryl methyl sites for hydroxylation is 3. The number of ether oxygens (including phenoxy) is 1. The van der Waals surface area contributed by atoms with E-state index in [1.54, 1.807) is 14.0 Å². The molecule has 1 saturated heterocycles. The number of benzene rings is 2. The first-order valence-electron chi connectivity index (χ1n) is 11.5. The summed E-state index contributed by atoms with van der Waals surface area (Å²) in [7, 11) is 1.63. The maximum absolute atomic E-state index is 13.6. The van der Waals surface area contributed by atoms with Gasteiger partial charge in [-0.3, -0.25) is 9.59 Å². The van der Waals surface area contributed by atoms with Gasteiger partial charge in [0, 0.05) is 17.9 Å². The lowest BCUT2D eigenvalue weighted by Crippen LogP contribution is -2.37. The molecule has 4 rings (SSSR count). The first-order valence-corrected chi connectivity index (χ1v) is 11.5. The lowest BCUT2D eigenvalue weighted by molar-refractivity contribution is 0.0839. The second kappa shape index (κ2) is 9.83. The highest BCUT2D eigenvalue weighted by molar-refractivity contribution is 5.98. The van der Waals surface area contributed by atoms with Gasteiger partial charge in [-0.2, -0.15) is 0 Å². The highest BCUT2D eigenvalue weighted by Crippen LogP contribution is 2.25. The van der Waals surface area contributed by atoms with Crippen LogP contribution in [-0.4, -0.2) is 47.4 Å². The van der Waals surface area contributed by atoms with Crippen LogP contribution in [0.5, 0.6) is 5.75 Å². The fraction of sp³-hybridized carbons (Fsp3) is 0.423. The number of aromatic nitrogens is 2. The molecule has 6 nitrogen and oxygen atoms in total. The third-order valence-corrected chi connectivity index (χ3v) is 6.54. The molecule has 0 radical (unpaired) electrons. The van der Waals surface area contributed by atoms with E-state index in [2.05, 4.69) is 14.9 Å². The standard InChI is InChI=1S/C26H30FN3O3/c1-16-13-19(6-7-22(16)33-3)25(31)18-8-11-30(12-9-18)10-4-5-23-28-24-17(2)14-20(27)15-21(24)26(32)29-23/h6-7,13-15,18H,4-5,8-12H2,1-3H3,(H,28,29,32). The van der Waals surface area contributed by atoms with E-state index >= 15 is 0 Å². The molecule has 0 saturated carbocycles. The number of likely N-dealkylation sites (tertiary alicyclic amines) is 1. The third kappa shape index (κ3) is 5.14. The number of piperidine rings is 1. The van der Waals surface area contributed by atoms with Gasteiger partial charge in [0.25, 0.3) is 5.56 Å². The fourth-order valence-electron chi connectivity index (χ4n) is 4.69. The van der Waals surface area contributed by atoms with Gasteiger partial charge in [0.2, 0.25) is 0 Å². The summed E-state index contributed by atoms with van der Waals surface area (Å²) in [6.45, 7) is 6.36. The van der Waals surface area contributed by atoms with E-state index in [0.717, 1.165) is 55.8 Å². The van der Waals surface area contributed by atoms with Gasteiger partial charge in [-0.15, -0.1) is 0 Å². The summed E-state index contributed by atoms with van der Waals surface area (Å²) in [6, 6.07) is 8.27. The number of hydrogen-bond acceptors (Lipinski definition) is 5. The maximum Gasteiger partial charge on any atom is 0.258 e. The predicted octanol–water partition coefficient (Wildman–Crippen LogP) is 4.22. The number of fused-ring (bicyclic) bond motifs is 1. The van der Waals surface area contributed by atoms with Gasteiger partial charge in [-0.05, 0) is 94.2 Å². The van der Waals surface area contributed by atoms with Gasteiger partial charge in [-0.25, -0.2) is 9.37 Å². The summed E-state index contributed by atoms with van der Waals surface area (Å²) in [6.07, 6.45) is 3.19. The summed E-state index contributed by atoms with van der Waals surface area (Å²) in [5.41, 5.74) is 2.65. The second-order valence-electron chi connectivity index (χ2n) is 8.90. The van der Waals surface area contributed by atoms with Gasteiger partial charge >= 0.3 is 0 Å². The monoisotopic (exact) mass is 451 g/mol. The number of rotatable bonds is 7. The van der Waals surface area contributed by atoms with Crippen LogP contribution in [0.15, 0.2) is 35.1 Å². The van der Waals surface area contributed by atoms with Crippen LogP contribution in [0.1, 0.15) is 46.6 Å². The molecule has 2 heterocycles. The Balaban J connectivity index is 1.30. The Morgan fingerprint density at radius 1 is 1.18 bits per heavy atom. The van der Waals surface area contributed by atoms with Gasteiger partial charge in [0.1, 0.15) is 17.4 Å². The molecule has 33 heavy (non-hydrogen) atoms.